The molecular weight excluding hydrogens is 407 g/mol. The van der Waals surface area contributed by atoms with Gasteiger partial charge in [-0.2, -0.15) is 13.2 Å². The highest BCUT2D eigenvalue weighted by Gasteiger charge is 2.33. The number of hydrogen-bond donors (Lipinski definition) is 1. The molecule has 0 unspecified atom stereocenters. The van der Waals surface area contributed by atoms with Crippen molar-refractivity contribution in [3.8, 4) is 11.3 Å². The van der Waals surface area contributed by atoms with Crippen molar-refractivity contribution in [1.29, 1.82) is 0 Å². The molecule has 4 aromatic rings. The molecule has 0 radical (unpaired) electrons. The number of alkyl halides is 3. The van der Waals surface area contributed by atoms with Gasteiger partial charge in [-0.3, -0.25) is 14.3 Å². The summed E-state index contributed by atoms with van der Waals surface area (Å²) in [5.74, 6) is 0. The molecule has 0 saturated carbocycles. The molecular formula is C19H12F3N3O3S. The zero-order valence-corrected chi connectivity index (χ0v) is 15.4. The number of benzene rings is 1. The number of rotatable bonds is 3. The van der Waals surface area contributed by atoms with E-state index < -0.39 is 23.0 Å². The molecule has 6 nitrogen and oxygen atoms in total. The highest BCUT2D eigenvalue weighted by Crippen LogP contribution is 2.36. The van der Waals surface area contributed by atoms with Crippen LogP contribution in [0.1, 0.15) is 11.1 Å². The molecule has 0 spiro atoms. The summed E-state index contributed by atoms with van der Waals surface area (Å²) in [6.45, 7) is -0.0128. The monoisotopic (exact) mass is 419 g/mol. The van der Waals surface area contributed by atoms with Crippen molar-refractivity contribution in [3.05, 3.63) is 86.0 Å². The van der Waals surface area contributed by atoms with Crippen LogP contribution in [0.2, 0.25) is 0 Å². The summed E-state index contributed by atoms with van der Waals surface area (Å²) >= 11 is 1.09. The highest BCUT2D eigenvalue weighted by molar-refractivity contribution is 7.17. The molecule has 0 saturated heterocycles. The maximum Gasteiger partial charge on any atom is 0.417 e. The third-order valence-electron chi connectivity index (χ3n) is 4.41. The van der Waals surface area contributed by atoms with Crippen LogP contribution in [0.5, 0.6) is 0 Å². The largest absolute Gasteiger partial charge is 0.421 e. The van der Waals surface area contributed by atoms with E-state index in [9.17, 15) is 28.0 Å². The lowest BCUT2D eigenvalue weighted by Crippen LogP contribution is -2.38. The zero-order chi connectivity index (χ0) is 20.8. The maximum absolute atomic E-state index is 13.2. The van der Waals surface area contributed by atoms with Crippen molar-refractivity contribution in [2.24, 2.45) is 0 Å². The van der Waals surface area contributed by atoms with Gasteiger partial charge in [0.05, 0.1) is 23.3 Å². The molecule has 3 aromatic heterocycles. The fraction of sp³-hybridized carbons (Fsp3) is 0.105. The highest BCUT2D eigenvalue weighted by atomic mass is 32.1. The van der Waals surface area contributed by atoms with Gasteiger partial charge >= 0.3 is 17.4 Å². The first-order chi connectivity index (χ1) is 13.8. The number of aromatic nitrogens is 3. The lowest BCUT2D eigenvalue weighted by Gasteiger charge is -2.13. The van der Waals surface area contributed by atoms with E-state index in [1.807, 2.05) is 0 Å². The second-order valence-corrected chi connectivity index (χ2v) is 7.13. The predicted octanol–water partition coefficient (Wildman–Crippen LogP) is 3.59. The first-order valence-electron chi connectivity index (χ1n) is 8.31. The second kappa shape index (κ2) is 6.89. The van der Waals surface area contributed by atoms with Gasteiger partial charge in [0.1, 0.15) is 4.70 Å². The Morgan fingerprint density at radius 3 is 2.52 bits per heavy atom. The van der Waals surface area contributed by atoms with Gasteiger partial charge in [-0.25, -0.2) is 4.79 Å². The van der Waals surface area contributed by atoms with Gasteiger partial charge in [-0.15, -0.1) is 11.3 Å². The Hall–Kier alpha value is -3.40. The summed E-state index contributed by atoms with van der Waals surface area (Å²) in [5.41, 5.74) is -1.52. The Kier molecular flexibility index (Phi) is 4.50. The number of hydrogen-bond acceptors (Lipinski definition) is 5. The van der Waals surface area contributed by atoms with Crippen molar-refractivity contribution in [2.75, 3.05) is 0 Å². The molecule has 148 valence electrons. The molecule has 10 heteroatoms. The molecule has 0 aliphatic rings. The smallest absolute Gasteiger partial charge is 0.417 e. The molecule has 0 atom stereocenters. The van der Waals surface area contributed by atoms with Crippen LogP contribution in [-0.2, 0) is 12.7 Å². The predicted molar refractivity (Wildman–Crippen MR) is 101 cm³/mol. The van der Waals surface area contributed by atoms with E-state index in [-0.39, 0.29) is 27.2 Å². The average molecular weight is 419 g/mol. The topological polar surface area (TPSA) is 77.1 Å². The van der Waals surface area contributed by atoms with Gasteiger partial charge in [-0.1, -0.05) is 29.0 Å². The Bertz CT molecular complexity index is 1320. The van der Waals surface area contributed by atoms with Crippen molar-refractivity contribution < 1.29 is 18.4 Å². The van der Waals surface area contributed by atoms with Crippen LogP contribution in [0.3, 0.4) is 0 Å². The van der Waals surface area contributed by atoms with Gasteiger partial charge < -0.3 is 5.21 Å². The van der Waals surface area contributed by atoms with Gasteiger partial charge in [0.25, 0.3) is 0 Å². The summed E-state index contributed by atoms with van der Waals surface area (Å²) in [6, 6.07) is 9.70. The number of fused-ring (bicyclic) bond motifs is 1. The quantitative estimate of drug-likeness (QED) is 0.515. The van der Waals surface area contributed by atoms with E-state index in [1.54, 1.807) is 17.5 Å². The summed E-state index contributed by atoms with van der Waals surface area (Å²) < 4.78 is 41.1. The lowest BCUT2D eigenvalue weighted by molar-refractivity contribution is -0.137. The van der Waals surface area contributed by atoms with E-state index in [1.165, 1.54) is 35.0 Å². The van der Waals surface area contributed by atoms with E-state index in [4.69, 9.17) is 0 Å². The fourth-order valence-corrected chi connectivity index (χ4v) is 3.86. The third-order valence-corrected chi connectivity index (χ3v) is 5.30. The lowest BCUT2D eigenvalue weighted by atomic mass is 10.0. The van der Waals surface area contributed by atoms with Gasteiger partial charge in [0.15, 0.2) is 0 Å². The molecule has 1 aromatic carbocycles. The standard InChI is InChI=1S/C19H12F3N3O3S/c20-19(21,22)13-4-2-1-3-12(13)14-6-5-11(9-23-14)10-24-15-7-8-29-16(15)17(26)25(28)18(24)27/h1-9,28H,10H2. The zero-order valence-electron chi connectivity index (χ0n) is 14.6. The fourth-order valence-electron chi connectivity index (χ4n) is 3.04. The van der Waals surface area contributed by atoms with Crippen LogP contribution in [0, 0.1) is 0 Å². The van der Waals surface area contributed by atoms with Crippen molar-refractivity contribution in [1.82, 2.24) is 14.3 Å². The van der Waals surface area contributed by atoms with Crippen LogP contribution in [0.15, 0.2) is 63.6 Å². The molecule has 29 heavy (non-hydrogen) atoms. The summed E-state index contributed by atoms with van der Waals surface area (Å²) in [6.07, 6.45) is -3.15. The summed E-state index contributed by atoms with van der Waals surface area (Å²) in [5, 5.41) is 11.4. The Labute approximate surface area is 164 Å². The Balaban J connectivity index is 1.73. The van der Waals surface area contributed by atoms with Crippen LogP contribution in [-0.4, -0.2) is 19.5 Å². The second-order valence-electron chi connectivity index (χ2n) is 6.22. The van der Waals surface area contributed by atoms with E-state index >= 15 is 0 Å². The molecule has 0 amide bonds. The van der Waals surface area contributed by atoms with Crippen LogP contribution in [0.25, 0.3) is 21.5 Å². The first kappa shape index (κ1) is 18.9. The van der Waals surface area contributed by atoms with Gasteiger partial charge in [-0.05, 0) is 29.1 Å². The van der Waals surface area contributed by atoms with Gasteiger partial charge in [0, 0.05) is 11.8 Å². The third kappa shape index (κ3) is 3.31. The van der Waals surface area contributed by atoms with Crippen molar-refractivity contribution in [3.63, 3.8) is 0 Å². The molecule has 0 bridgehead atoms. The minimum Gasteiger partial charge on any atom is -0.421 e. The minimum absolute atomic E-state index is 0.0128. The van der Waals surface area contributed by atoms with Crippen LogP contribution in [0.4, 0.5) is 13.2 Å². The number of halogens is 3. The minimum atomic E-state index is -4.51. The SMILES string of the molecule is O=c1c2sccc2n(Cc2ccc(-c3ccccc3C(F)(F)F)nc2)c(=O)n1O. The molecule has 4 rings (SSSR count). The molecule has 1 N–H and O–H groups in total. The van der Waals surface area contributed by atoms with E-state index in [0.29, 0.717) is 11.1 Å². The Morgan fingerprint density at radius 1 is 1.07 bits per heavy atom. The van der Waals surface area contributed by atoms with Crippen molar-refractivity contribution >= 4 is 21.6 Å². The van der Waals surface area contributed by atoms with Crippen molar-refractivity contribution in [2.45, 2.75) is 12.7 Å². The molecule has 0 fully saturated rings. The maximum atomic E-state index is 13.2. The van der Waals surface area contributed by atoms with E-state index in [2.05, 4.69) is 4.98 Å². The summed E-state index contributed by atoms with van der Waals surface area (Å²) in [7, 11) is 0. The number of pyridine rings is 1. The Morgan fingerprint density at radius 2 is 1.83 bits per heavy atom. The molecule has 0 aliphatic heterocycles. The summed E-state index contributed by atoms with van der Waals surface area (Å²) in [4.78, 5) is 28.3. The normalized spacial score (nSPS) is 11.8. The molecule has 3 heterocycles. The van der Waals surface area contributed by atoms with Crippen LogP contribution >= 0.6 is 11.3 Å². The number of nitrogens with zero attached hydrogens (tertiary/aromatic N) is 3. The number of thiophene rings is 1. The van der Waals surface area contributed by atoms with Gasteiger partial charge in [0.2, 0.25) is 0 Å². The average Bonchev–Trinajstić information content (AvgIpc) is 3.19. The van der Waals surface area contributed by atoms with Crippen LogP contribution < -0.4 is 11.2 Å². The first-order valence-corrected chi connectivity index (χ1v) is 9.19. The van der Waals surface area contributed by atoms with E-state index in [0.717, 1.165) is 17.4 Å². The molecule has 0 aliphatic carbocycles.